The third kappa shape index (κ3) is 5.47. The average Bonchev–Trinajstić information content (AvgIpc) is 2.32. The molecule has 102 valence electrons. The highest BCUT2D eigenvalue weighted by atomic mass is 35.5. The molecule has 0 atom stereocenters. The van der Waals surface area contributed by atoms with E-state index in [9.17, 15) is 9.18 Å². The van der Waals surface area contributed by atoms with Crippen LogP contribution in [0.15, 0.2) is 24.3 Å². The molecule has 0 aliphatic rings. The van der Waals surface area contributed by atoms with E-state index in [4.69, 9.17) is 0 Å². The first-order valence-corrected chi connectivity index (χ1v) is 5.77. The number of nitrogens with one attached hydrogen (secondary N) is 1. The van der Waals surface area contributed by atoms with Crippen LogP contribution in [0, 0.1) is 5.82 Å². The van der Waals surface area contributed by atoms with Gasteiger partial charge in [0.25, 0.3) is 0 Å². The summed E-state index contributed by atoms with van der Waals surface area (Å²) < 4.78 is 13.4. The summed E-state index contributed by atoms with van der Waals surface area (Å²) in [7, 11) is 3.56. The molecule has 0 spiro atoms. The molecule has 0 aromatic heterocycles. The Bertz CT molecular complexity index is 374. The first-order valence-electron chi connectivity index (χ1n) is 5.77. The van der Waals surface area contributed by atoms with Crippen LogP contribution < -0.4 is 5.32 Å². The molecule has 0 saturated carbocycles. The molecule has 0 bridgehead atoms. The van der Waals surface area contributed by atoms with Crippen LogP contribution in [0.25, 0.3) is 0 Å². The minimum absolute atomic E-state index is 0. The topological polar surface area (TPSA) is 32.3 Å². The predicted molar refractivity (Wildman–Crippen MR) is 73.3 cm³/mol. The fourth-order valence-corrected chi connectivity index (χ4v) is 1.58. The molecule has 0 unspecified atom stereocenters. The summed E-state index contributed by atoms with van der Waals surface area (Å²) in [5, 5.41) is 2.99. The van der Waals surface area contributed by atoms with Crippen molar-refractivity contribution in [2.45, 2.75) is 19.4 Å². The van der Waals surface area contributed by atoms with Crippen molar-refractivity contribution in [2.75, 3.05) is 20.6 Å². The van der Waals surface area contributed by atoms with Crippen LogP contribution in [0.2, 0.25) is 0 Å². The molecule has 0 aliphatic carbocycles. The van der Waals surface area contributed by atoms with Gasteiger partial charge in [-0.25, -0.2) is 4.39 Å². The van der Waals surface area contributed by atoms with Gasteiger partial charge in [-0.2, -0.15) is 0 Å². The smallest absolute Gasteiger partial charge is 0.222 e. The zero-order valence-electron chi connectivity index (χ0n) is 10.8. The van der Waals surface area contributed by atoms with Crippen molar-refractivity contribution < 1.29 is 9.18 Å². The molecule has 0 aliphatic heterocycles. The van der Waals surface area contributed by atoms with E-state index in [0.29, 0.717) is 18.5 Å². The number of hydrogen-bond acceptors (Lipinski definition) is 2. The highest BCUT2D eigenvalue weighted by molar-refractivity contribution is 5.85. The second kappa shape index (κ2) is 8.89. The van der Waals surface area contributed by atoms with Crippen molar-refractivity contribution in [3.05, 3.63) is 35.6 Å². The maximum atomic E-state index is 13.4. The van der Waals surface area contributed by atoms with E-state index in [0.717, 1.165) is 13.0 Å². The van der Waals surface area contributed by atoms with Crippen molar-refractivity contribution in [3.63, 3.8) is 0 Å². The quantitative estimate of drug-likeness (QED) is 0.807. The fraction of sp³-hybridized carbons (Fsp3) is 0.462. The summed E-state index contributed by atoms with van der Waals surface area (Å²) in [5.74, 6) is -0.217. The van der Waals surface area contributed by atoms with E-state index < -0.39 is 0 Å². The normalized spacial score (nSPS) is 9.72. The van der Waals surface area contributed by atoms with Gasteiger partial charge in [0.05, 0.1) is 0 Å². The van der Waals surface area contributed by atoms with E-state index in [2.05, 4.69) is 5.32 Å². The molecule has 1 aromatic rings. The van der Waals surface area contributed by atoms with Crippen molar-refractivity contribution in [1.82, 2.24) is 10.2 Å². The Morgan fingerprint density at radius 1 is 1.39 bits per heavy atom. The number of carbonyl (C=O) groups is 1. The average molecular weight is 275 g/mol. The molecule has 18 heavy (non-hydrogen) atoms. The van der Waals surface area contributed by atoms with E-state index in [1.54, 1.807) is 30.1 Å². The molecule has 1 amide bonds. The molecule has 0 radical (unpaired) electrons. The number of rotatable bonds is 6. The van der Waals surface area contributed by atoms with E-state index in [-0.39, 0.29) is 24.1 Å². The molecule has 3 nitrogen and oxygen atoms in total. The lowest BCUT2D eigenvalue weighted by Gasteiger charge is -2.17. The Kier molecular flexibility index (Phi) is 8.33. The molecule has 1 rings (SSSR count). The van der Waals surface area contributed by atoms with Gasteiger partial charge in [-0.3, -0.25) is 4.79 Å². The summed E-state index contributed by atoms with van der Waals surface area (Å²) in [4.78, 5) is 13.3. The summed E-state index contributed by atoms with van der Waals surface area (Å²) in [6.45, 7) is 1.14. The lowest BCUT2D eigenvalue weighted by molar-refractivity contribution is -0.130. The first kappa shape index (κ1) is 16.9. The lowest BCUT2D eigenvalue weighted by Crippen LogP contribution is -2.27. The predicted octanol–water partition coefficient (Wildman–Crippen LogP) is 2.21. The zero-order chi connectivity index (χ0) is 12.7. The lowest BCUT2D eigenvalue weighted by atomic mass is 10.2. The van der Waals surface area contributed by atoms with Crippen LogP contribution in [0.1, 0.15) is 18.4 Å². The minimum atomic E-state index is -0.262. The van der Waals surface area contributed by atoms with Gasteiger partial charge >= 0.3 is 0 Å². The molecule has 0 heterocycles. The maximum Gasteiger partial charge on any atom is 0.222 e. The minimum Gasteiger partial charge on any atom is -0.341 e. The van der Waals surface area contributed by atoms with E-state index in [1.165, 1.54) is 6.07 Å². The van der Waals surface area contributed by atoms with Crippen LogP contribution in [0.4, 0.5) is 4.39 Å². The number of carbonyl (C=O) groups excluding carboxylic acids is 1. The van der Waals surface area contributed by atoms with Crippen molar-refractivity contribution >= 4 is 18.3 Å². The standard InChI is InChI=1S/C13H19FN2O.ClH/c1-15-9-5-8-13(17)16(2)10-11-6-3-4-7-12(11)14;/h3-4,6-7,15H,5,8-10H2,1-2H3;1H. The SMILES string of the molecule is CNCCCC(=O)N(C)Cc1ccccc1F.Cl. The fourth-order valence-electron chi connectivity index (χ4n) is 1.58. The van der Waals surface area contributed by atoms with Gasteiger partial charge in [0, 0.05) is 25.6 Å². The number of hydrogen-bond donors (Lipinski definition) is 1. The summed E-state index contributed by atoms with van der Waals surface area (Å²) >= 11 is 0. The Labute approximate surface area is 114 Å². The molecule has 0 saturated heterocycles. The van der Waals surface area contributed by atoms with Gasteiger partial charge in [-0.05, 0) is 26.1 Å². The van der Waals surface area contributed by atoms with Crippen LogP contribution in [-0.2, 0) is 11.3 Å². The zero-order valence-corrected chi connectivity index (χ0v) is 11.6. The van der Waals surface area contributed by atoms with E-state index in [1.807, 2.05) is 7.05 Å². The third-order valence-electron chi connectivity index (χ3n) is 2.61. The Morgan fingerprint density at radius 3 is 2.67 bits per heavy atom. The largest absolute Gasteiger partial charge is 0.341 e. The molecular weight excluding hydrogens is 255 g/mol. The van der Waals surface area contributed by atoms with Gasteiger partial charge in [0.2, 0.25) is 5.91 Å². The second-order valence-corrected chi connectivity index (χ2v) is 4.05. The summed E-state index contributed by atoms with van der Waals surface area (Å²) in [6.07, 6.45) is 1.29. The van der Waals surface area contributed by atoms with Crippen molar-refractivity contribution in [2.24, 2.45) is 0 Å². The Hall–Kier alpha value is -1.13. The maximum absolute atomic E-state index is 13.4. The van der Waals surface area contributed by atoms with Crippen molar-refractivity contribution in [1.29, 1.82) is 0 Å². The Morgan fingerprint density at radius 2 is 2.06 bits per heavy atom. The third-order valence-corrected chi connectivity index (χ3v) is 2.61. The monoisotopic (exact) mass is 274 g/mol. The van der Waals surface area contributed by atoms with Crippen molar-refractivity contribution in [3.8, 4) is 0 Å². The molecule has 5 heteroatoms. The molecule has 1 N–H and O–H groups in total. The second-order valence-electron chi connectivity index (χ2n) is 4.05. The first-order chi connectivity index (χ1) is 8.15. The van der Waals surface area contributed by atoms with Gasteiger partial charge < -0.3 is 10.2 Å². The molecule has 0 fully saturated rings. The highest BCUT2D eigenvalue weighted by Gasteiger charge is 2.10. The molecular formula is C13H20ClFN2O. The number of amides is 1. The summed E-state index contributed by atoms with van der Waals surface area (Å²) in [5.41, 5.74) is 0.553. The van der Waals surface area contributed by atoms with Crippen LogP contribution in [0.3, 0.4) is 0 Å². The van der Waals surface area contributed by atoms with Crippen LogP contribution in [0.5, 0.6) is 0 Å². The van der Waals surface area contributed by atoms with E-state index >= 15 is 0 Å². The number of halogens is 2. The van der Waals surface area contributed by atoms with Gasteiger partial charge in [0.1, 0.15) is 5.82 Å². The Balaban J connectivity index is 0.00000289. The van der Waals surface area contributed by atoms with Crippen LogP contribution >= 0.6 is 12.4 Å². The number of benzene rings is 1. The number of nitrogens with zero attached hydrogens (tertiary/aromatic N) is 1. The summed E-state index contributed by atoms with van der Waals surface area (Å²) in [6, 6.07) is 6.53. The van der Waals surface area contributed by atoms with Gasteiger partial charge in [-0.1, -0.05) is 18.2 Å². The van der Waals surface area contributed by atoms with Crippen LogP contribution in [-0.4, -0.2) is 31.4 Å². The molecule has 1 aromatic carbocycles. The highest BCUT2D eigenvalue weighted by Crippen LogP contribution is 2.09. The van der Waals surface area contributed by atoms with Gasteiger partial charge in [-0.15, -0.1) is 12.4 Å². The van der Waals surface area contributed by atoms with Gasteiger partial charge in [0.15, 0.2) is 0 Å².